The number of aliphatic hydroxyl groups is 1. The highest BCUT2D eigenvalue weighted by Gasteiger charge is 2.58. The van der Waals surface area contributed by atoms with Crippen LogP contribution in [0, 0.1) is 52.3 Å². The number of rotatable bonds is 6. The topological polar surface area (TPSA) is 20.2 Å². The summed E-state index contributed by atoms with van der Waals surface area (Å²) in [5.41, 5.74) is 2.56. The van der Waals surface area contributed by atoms with E-state index in [1.165, 1.54) is 51.4 Å². The zero-order valence-corrected chi connectivity index (χ0v) is 21.4. The lowest BCUT2D eigenvalue weighted by Gasteiger charge is -2.58. The van der Waals surface area contributed by atoms with Gasteiger partial charge in [0.25, 0.3) is 0 Å². The first-order valence-electron chi connectivity index (χ1n) is 13.7. The molecule has 4 aliphatic rings. The smallest absolute Gasteiger partial charge is 0.0577 e. The summed E-state index contributed by atoms with van der Waals surface area (Å²) in [6.45, 7) is 14.7. The lowest BCUT2D eigenvalue weighted by atomic mass is 9.47. The van der Waals surface area contributed by atoms with E-state index in [0.29, 0.717) is 10.8 Å². The number of allylic oxidation sites excluding steroid dienone is 3. The molecule has 0 aromatic heterocycles. The zero-order chi connectivity index (χ0) is 22.4. The summed E-state index contributed by atoms with van der Waals surface area (Å²) in [6, 6.07) is 0. The third kappa shape index (κ3) is 4.22. The summed E-state index contributed by atoms with van der Waals surface area (Å²) in [7, 11) is 0. The Morgan fingerprint density at radius 2 is 1.74 bits per heavy atom. The fourth-order valence-electron chi connectivity index (χ4n) is 8.99. The molecule has 7 atom stereocenters. The van der Waals surface area contributed by atoms with Crippen molar-refractivity contribution in [2.75, 3.05) is 0 Å². The highest BCUT2D eigenvalue weighted by Crippen LogP contribution is 2.66. The second kappa shape index (κ2) is 9.00. The molecule has 4 aliphatic carbocycles. The van der Waals surface area contributed by atoms with Crippen LogP contribution in [0.3, 0.4) is 0 Å². The fourth-order valence-corrected chi connectivity index (χ4v) is 8.99. The van der Waals surface area contributed by atoms with Crippen molar-refractivity contribution in [2.24, 2.45) is 52.3 Å². The van der Waals surface area contributed by atoms with Gasteiger partial charge in [0.15, 0.2) is 0 Å². The second-order valence-electron chi connectivity index (χ2n) is 13.0. The van der Waals surface area contributed by atoms with Gasteiger partial charge >= 0.3 is 0 Å². The van der Waals surface area contributed by atoms with Crippen LogP contribution in [0.2, 0.25) is 0 Å². The Morgan fingerprint density at radius 1 is 1.00 bits per heavy atom. The van der Waals surface area contributed by atoms with E-state index in [9.17, 15) is 5.11 Å². The third-order valence-electron chi connectivity index (χ3n) is 10.9. The summed E-state index contributed by atoms with van der Waals surface area (Å²) in [5.74, 6) is 5.83. The molecule has 0 amide bonds. The normalized spacial score (nSPS) is 42.8. The van der Waals surface area contributed by atoms with Gasteiger partial charge in [-0.2, -0.15) is 0 Å². The van der Waals surface area contributed by atoms with Gasteiger partial charge in [-0.15, -0.1) is 0 Å². The Hall–Kier alpha value is -0.560. The minimum atomic E-state index is -0.0837. The number of fused-ring (bicyclic) bond motifs is 5. The maximum Gasteiger partial charge on any atom is 0.0577 e. The average Bonchev–Trinajstić information content (AvgIpc) is 3.04. The van der Waals surface area contributed by atoms with Crippen molar-refractivity contribution in [3.05, 3.63) is 23.8 Å². The molecule has 31 heavy (non-hydrogen) atoms. The third-order valence-corrected chi connectivity index (χ3v) is 10.9. The zero-order valence-electron chi connectivity index (χ0n) is 21.4. The van der Waals surface area contributed by atoms with Crippen LogP contribution in [-0.4, -0.2) is 11.2 Å². The molecular weight excluding hydrogens is 376 g/mol. The Morgan fingerprint density at radius 3 is 2.45 bits per heavy atom. The van der Waals surface area contributed by atoms with Gasteiger partial charge in [0.05, 0.1) is 6.10 Å². The molecule has 0 radical (unpaired) electrons. The first kappa shape index (κ1) is 23.6. The molecule has 7 unspecified atom stereocenters. The molecule has 4 rings (SSSR count). The van der Waals surface area contributed by atoms with E-state index in [1.54, 1.807) is 5.57 Å². The van der Waals surface area contributed by atoms with Crippen molar-refractivity contribution >= 4 is 0 Å². The molecule has 0 aromatic rings. The standard InChI is InChI=1S/C30H50O/c1-20(2)25(21(3)4)10-8-7-9-22-12-14-27-26-13-11-23-19-24(31)15-17-30(23,6)28(26)16-18-29(22,27)5/h8,10-11,20-22,24-28,31H,7,9,12-19H2,1-6H3/b10-8+. The molecular formula is C30H50O. The van der Waals surface area contributed by atoms with Crippen molar-refractivity contribution in [3.63, 3.8) is 0 Å². The van der Waals surface area contributed by atoms with Crippen LogP contribution >= 0.6 is 0 Å². The molecule has 0 spiro atoms. The molecule has 3 saturated carbocycles. The highest BCUT2D eigenvalue weighted by molar-refractivity contribution is 5.25. The Balaban J connectivity index is 1.42. The van der Waals surface area contributed by atoms with E-state index in [2.05, 4.69) is 59.8 Å². The van der Waals surface area contributed by atoms with Gasteiger partial charge in [-0.25, -0.2) is 0 Å². The predicted octanol–water partition coefficient (Wildman–Crippen LogP) is 8.19. The van der Waals surface area contributed by atoms with Crippen LogP contribution in [0.15, 0.2) is 23.8 Å². The molecule has 0 aromatic carbocycles. The molecule has 0 heterocycles. The van der Waals surface area contributed by atoms with E-state index < -0.39 is 0 Å². The first-order valence-corrected chi connectivity index (χ1v) is 13.7. The lowest BCUT2D eigenvalue weighted by Crippen LogP contribution is -2.50. The van der Waals surface area contributed by atoms with E-state index in [4.69, 9.17) is 0 Å². The molecule has 1 nitrogen and oxygen atoms in total. The van der Waals surface area contributed by atoms with Crippen LogP contribution in [-0.2, 0) is 0 Å². The Bertz CT molecular complexity index is 679. The fraction of sp³-hybridized carbons (Fsp3) is 0.867. The van der Waals surface area contributed by atoms with Crippen molar-refractivity contribution in [1.82, 2.24) is 0 Å². The summed E-state index contributed by atoms with van der Waals surface area (Å²) in [4.78, 5) is 0. The van der Waals surface area contributed by atoms with Crippen LogP contribution in [0.4, 0.5) is 0 Å². The van der Waals surface area contributed by atoms with Crippen molar-refractivity contribution < 1.29 is 5.11 Å². The van der Waals surface area contributed by atoms with Crippen molar-refractivity contribution in [3.8, 4) is 0 Å². The van der Waals surface area contributed by atoms with Gasteiger partial charge in [0, 0.05) is 0 Å². The van der Waals surface area contributed by atoms with Gasteiger partial charge in [-0.05, 0) is 116 Å². The van der Waals surface area contributed by atoms with Gasteiger partial charge in [-0.1, -0.05) is 65.3 Å². The SMILES string of the molecule is CC(C)C(/C=C/CCC1CCC2C3CC=C4CC(O)CCC4(C)C3CCC12C)C(C)C. The van der Waals surface area contributed by atoms with Crippen LogP contribution in [0.1, 0.15) is 106 Å². The molecule has 1 heteroatoms. The van der Waals surface area contributed by atoms with Gasteiger partial charge in [0.2, 0.25) is 0 Å². The maximum absolute atomic E-state index is 10.2. The molecule has 1 N–H and O–H groups in total. The first-order chi connectivity index (χ1) is 14.7. The van der Waals surface area contributed by atoms with Crippen LogP contribution in [0.25, 0.3) is 0 Å². The highest BCUT2D eigenvalue weighted by atomic mass is 16.3. The number of aliphatic hydroxyl groups excluding tert-OH is 1. The van der Waals surface area contributed by atoms with E-state index in [-0.39, 0.29) is 6.10 Å². The Kier molecular flexibility index (Phi) is 6.85. The van der Waals surface area contributed by atoms with Crippen molar-refractivity contribution in [1.29, 1.82) is 0 Å². The molecule has 0 aliphatic heterocycles. The second-order valence-corrected chi connectivity index (χ2v) is 13.0. The van der Waals surface area contributed by atoms with Gasteiger partial charge in [0.1, 0.15) is 0 Å². The largest absolute Gasteiger partial charge is 0.393 e. The summed E-state index contributed by atoms with van der Waals surface area (Å²) in [6.07, 6.45) is 20.5. The minimum Gasteiger partial charge on any atom is -0.393 e. The monoisotopic (exact) mass is 426 g/mol. The van der Waals surface area contributed by atoms with Crippen molar-refractivity contribution in [2.45, 2.75) is 112 Å². The summed E-state index contributed by atoms with van der Waals surface area (Å²) >= 11 is 0. The molecule has 0 saturated heterocycles. The quantitative estimate of drug-likeness (QED) is 0.424. The van der Waals surface area contributed by atoms with Crippen LogP contribution in [0.5, 0.6) is 0 Å². The predicted molar refractivity (Wildman–Crippen MR) is 133 cm³/mol. The van der Waals surface area contributed by atoms with Gasteiger partial charge in [-0.3, -0.25) is 0 Å². The van der Waals surface area contributed by atoms with Gasteiger partial charge < -0.3 is 5.11 Å². The number of hydrogen-bond acceptors (Lipinski definition) is 1. The Labute approximate surface area is 193 Å². The van der Waals surface area contributed by atoms with E-state index in [1.807, 2.05) is 0 Å². The average molecular weight is 427 g/mol. The molecule has 0 bridgehead atoms. The molecule has 176 valence electrons. The minimum absolute atomic E-state index is 0.0837. The summed E-state index contributed by atoms with van der Waals surface area (Å²) < 4.78 is 0. The van der Waals surface area contributed by atoms with E-state index >= 15 is 0 Å². The number of hydrogen-bond donors (Lipinski definition) is 1. The van der Waals surface area contributed by atoms with E-state index in [0.717, 1.165) is 54.3 Å². The lowest BCUT2D eigenvalue weighted by molar-refractivity contribution is -0.0505. The van der Waals surface area contributed by atoms with Crippen LogP contribution < -0.4 is 0 Å². The molecule has 3 fully saturated rings. The summed E-state index contributed by atoms with van der Waals surface area (Å²) in [5, 5.41) is 10.2. The maximum atomic E-state index is 10.2.